The molecule has 1 heteroatoms. The van der Waals surface area contributed by atoms with Crippen molar-refractivity contribution in [2.45, 2.75) is 77.8 Å². The molecule has 0 radical (unpaired) electrons. The molecule has 5 atom stereocenters. The van der Waals surface area contributed by atoms with Gasteiger partial charge < -0.3 is 5.32 Å². The van der Waals surface area contributed by atoms with E-state index in [1.54, 1.807) is 0 Å². The minimum Gasteiger partial charge on any atom is -0.311 e. The second-order valence-corrected chi connectivity index (χ2v) is 6.25. The Labute approximate surface area is 101 Å². The van der Waals surface area contributed by atoms with E-state index in [1.165, 1.54) is 44.9 Å². The molecule has 0 aromatic heterocycles. The van der Waals surface area contributed by atoms with Gasteiger partial charge in [0, 0.05) is 12.1 Å². The third-order valence-corrected chi connectivity index (χ3v) is 5.32. The van der Waals surface area contributed by atoms with E-state index in [2.05, 4.69) is 26.1 Å². The van der Waals surface area contributed by atoms with E-state index in [0.717, 1.165) is 29.8 Å². The molecule has 94 valence electrons. The summed E-state index contributed by atoms with van der Waals surface area (Å²) in [5, 5.41) is 4.00. The van der Waals surface area contributed by atoms with Crippen molar-refractivity contribution in [1.29, 1.82) is 0 Å². The number of hydrogen-bond acceptors (Lipinski definition) is 1. The van der Waals surface area contributed by atoms with E-state index in [0.29, 0.717) is 0 Å². The third-order valence-electron chi connectivity index (χ3n) is 5.32. The van der Waals surface area contributed by atoms with Crippen LogP contribution >= 0.6 is 0 Å². The molecule has 2 aliphatic rings. The summed E-state index contributed by atoms with van der Waals surface area (Å²) in [4.78, 5) is 0. The summed E-state index contributed by atoms with van der Waals surface area (Å²) in [5.74, 6) is 2.77. The Morgan fingerprint density at radius 1 is 0.938 bits per heavy atom. The van der Waals surface area contributed by atoms with Crippen molar-refractivity contribution in [3.05, 3.63) is 0 Å². The predicted molar refractivity (Wildman–Crippen MR) is 70.5 cm³/mol. The van der Waals surface area contributed by atoms with Crippen molar-refractivity contribution in [3.63, 3.8) is 0 Å². The van der Waals surface area contributed by atoms with Gasteiger partial charge in [-0.1, -0.05) is 46.5 Å². The molecular weight excluding hydrogens is 194 g/mol. The Kier molecular flexibility index (Phi) is 4.29. The molecule has 0 heterocycles. The molecule has 0 bridgehead atoms. The average molecular weight is 223 g/mol. The first-order chi connectivity index (χ1) is 7.72. The topological polar surface area (TPSA) is 12.0 Å². The highest BCUT2D eigenvalue weighted by Crippen LogP contribution is 2.33. The highest BCUT2D eigenvalue weighted by atomic mass is 15.0. The first-order valence-electron chi connectivity index (χ1n) is 7.48. The maximum Gasteiger partial charge on any atom is 0.00979 e. The van der Waals surface area contributed by atoms with Crippen molar-refractivity contribution in [1.82, 2.24) is 5.32 Å². The van der Waals surface area contributed by atoms with E-state index in [9.17, 15) is 0 Å². The van der Waals surface area contributed by atoms with E-state index in [4.69, 9.17) is 0 Å². The third kappa shape index (κ3) is 2.61. The number of rotatable bonds is 3. The molecule has 2 aliphatic carbocycles. The van der Waals surface area contributed by atoms with E-state index in [1.807, 2.05) is 0 Å². The smallest absolute Gasteiger partial charge is 0.00979 e. The average Bonchev–Trinajstić information content (AvgIpc) is 2.72. The van der Waals surface area contributed by atoms with Crippen LogP contribution in [0.25, 0.3) is 0 Å². The van der Waals surface area contributed by atoms with Gasteiger partial charge in [0.25, 0.3) is 0 Å². The lowest BCUT2D eigenvalue weighted by Gasteiger charge is -2.37. The maximum atomic E-state index is 4.00. The summed E-state index contributed by atoms with van der Waals surface area (Å²) in [6.07, 6.45) is 10.0. The van der Waals surface area contributed by atoms with Gasteiger partial charge in [-0.15, -0.1) is 0 Å². The predicted octanol–water partition coefficient (Wildman–Crippen LogP) is 3.98. The van der Waals surface area contributed by atoms with Crippen molar-refractivity contribution >= 4 is 0 Å². The Morgan fingerprint density at radius 3 is 2.38 bits per heavy atom. The fourth-order valence-corrected chi connectivity index (χ4v) is 3.84. The molecule has 0 amide bonds. The fraction of sp³-hybridized carbons (Fsp3) is 1.00. The summed E-state index contributed by atoms with van der Waals surface area (Å²) in [6, 6.07) is 1.64. The van der Waals surface area contributed by atoms with Crippen LogP contribution in [0.15, 0.2) is 0 Å². The zero-order chi connectivity index (χ0) is 11.5. The normalized spacial score (nSPS) is 44.8. The quantitative estimate of drug-likeness (QED) is 0.763. The van der Waals surface area contributed by atoms with Gasteiger partial charge >= 0.3 is 0 Å². The monoisotopic (exact) mass is 223 g/mol. The summed E-state index contributed by atoms with van der Waals surface area (Å²) in [7, 11) is 0. The van der Waals surface area contributed by atoms with Crippen LogP contribution in [-0.2, 0) is 0 Å². The van der Waals surface area contributed by atoms with Gasteiger partial charge in [-0.05, 0) is 37.0 Å². The minimum absolute atomic E-state index is 0.806. The van der Waals surface area contributed by atoms with Crippen LogP contribution in [0.4, 0.5) is 0 Å². The Hall–Kier alpha value is -0.0400. The molecule has 0 saturated heterocycles. The van der Waals surface area contributed by atoms with Gasteiger partial charge in [0.1, 0.15) is 0 Å². The van der Waals surface area contributed by atoms with Gasteiger partial charge in [-0.3, -0.25) is 0 Å². The van der Waals surface area contributed by atoms with Gasteiger partial charge in [-0.2, -0.15) is 0 Å². The fourth-order valence-electron chi connectivity index (χ4n) is 3.84. The van der Waals surface area contributed by atoms with Crippen LogP contribution in [0.3, 0.4) is 0 Å². The van der Waals surface area contributed by atoms with Crippen molar-refractivity contribution < 1.29 is 0 Å². The Bertz CT molecular complexity index is 213. The van der Waals surface area contributed by atoms with Gasteiger partial charge in [0.2, 0.25) is 0 Å². The Balaban J connectivity index is 1.88. The summed E-state index contributed by atoms with van der Waals surface area (Å²) < 4.78 is 0. The second kappa shape index (κ2) is 5.53. The summed E-state index contributed by atoms with van der Waals surface area (Å²) in [5.41, 5.74) is 0. The first kappa shape index (κ1) is 12.4. The first-order valence-corrected chi connectivity index (χ1v) is 7.48. The largest absolute Gasteiger partial charge is 0.311 e. The maximum absolute atomic E-state index is 4.00. The lowest BCUT2D eigenvalue weighted by atomic mass is 9.77. The lowest BCUT2D eigenvalue weighted by Crippen LogP contribution is -2.46. The molecular formula is C15H29N. The SMILES string of the molecule is CCC1CCCC1NC1CCCC(C)C1C. The molecule has 2 fully saturated rings. The molecule has 1 nitrogen and oxygen atoms in total. The minimum atomic E-state index is 0.806. The van der Waals surface area contributed by atoms with Crippen molar-refractivity contribution in [3.8, 4) is 0 Å². The van der Waals surface area contributed by atoms with Gasteiger partial charge in [0.15, 0.2) is 0 Å². The standard InChI is InChI=1S/C15H29N/c1-4-13-8-6-10-15(13)16-14-9-5-7-11(2)12(14)3/h11-16H,4-10H2,1-3H3. The van der Waals surface area contributed by atoms with Gasteiger partial charge in [-0.25, -0.2) is 0 Å². The zero-order valence-corrected chi connectivity index (χ0v) is 11.3. The molecule has 0 aromatic rings. The van der Waals surface area contributed by atoms with Gasteiger partial charge in [0.05, 0.1) is 0 Å². The molecule has 16 heavy (non-hydrogen) atoms. The summed E-state index contributed by atoms with van der Waals surface area (Å²) in [6.45, 7) is 7.25. The Morgan fingerprint density at radius 2 is 1.62 bits per heavy atom. The lowest BCUT2D eigenvalue weighted by molar-refractivity contribution is 0.182. The van der Waals surface area contributed by atoms with Crippen LogP contribution in [-0.4, -0.2) is 12.1 Å². The summed E-state index contributed by atoms with van der Waals surface area (Å²) >= 11 is 0. The van der Waals surface area contributed by atoms with Crippen molar-refractivity contribution in [2.24, 2.45) is 17.8 Å². The van der Waals surface area contributed by atoms with E-state index in [-0.39, 0.29) is 0 Å². The molecule has 0 spiro atoms. The highest BCUT2D eigenvalue weighted by molar-refractivity contribution is 4.89. The van der Waals surface area contributed by atoms with Crippen LogP contribution in [0.1, 0.15) is 65.7 Å². The second-order valence-electron chi connectivity index (χ2n) is 6.25. The number of nitrogens with one attached hydrogen (secondary N) is 1. The van der Waals surface area contributed by atoms with Crippen LogP contribution in [0.2, 0.25) is 0 Å². The highest BCUT2D eigenvalue weighted by Gasteiger charge is 2.32. The molecule has 5 unspecified atom stereocenters. The van der Waals surface area contributed by atoms with Crippen LogP contribution in [0, 0.1) is 17.8 Å². The zero-order valence-electron chi connectivity index (χ0n) is 11.3. The van der Waals surface area contributed by atoms with Crippen molar-refractivity contribution in [2.75, 3.05) is 0 Å². The molecule has 0 aliphatic heterocycles. The molecule has 0 aromatic carbocycles. The number of hydrogen-bond donors (Lipinski definition) is 1. The van der Waals surface area contributed by atoms with E-state index >= 15 is 0 Å². The van der Waals surface area contributed by atoms with E-state index < -0.39 is 0 Å². The van der Waals surface area contributed by atoms with Crippen LogP contribution in [0.5, 0.6) is 0 Å². The van der Waals surface area contributed by atoms with Crippen LogP contribution < -0.4 is 5.32 Å². The molecule has 2 saturated carbocycles. The molecule has 2 rings (SSSR count). The molecule has 1 N–H and O–H groups in total.